The molecule has 3 nitrogen and oxygen atoms in total. The average molecular weight is 250 g/mol. The molecule has 2 rings (SSSR count). The number of hydrogen-bond acceptors (Lipinski definition) is 3. The Morgan fingerprint density at radius 1 is 1.22 bits per heavy atom. The van der Waals surface area contributed by atoms with Crippen LogP contribution < -0.4 is 0 Å². The minimum absolute atomic E-state index is 0.0140. The standard InChI is InChI=1S/C15H22O3/c1-4-13-11(2)14(15(16-3)18-13)17-10-12-8-6-5-7-9-12/h5-9,11,13-15H,4,10H2,1-3H3/t11-,13-,14+,15+/m1/s1. The van der Waals surface area contributed by atoms with E-state index in [2.05, 4.69) is 26.0 Å². The van der Waals surface area contributed by atoms with Crippen LogP contribution in [0, 0.1) is 5.92 Å². The topological polar surface area (TPSA) is 27.7 Å². The van der Waals surface area contributed by atoms with Crippen LogP contribution in [0.15, 0.2) is 30.3 Å². The summed E-state index contributed by atoms with van der Waals surface area (Å²) in [5.41, 5.74) is 1.18. The van der Waals surface area contributed by atoms with Gasteiger partial charge in [-0.1, -0.05) is 44.2 Å². The third-order valence-electron chi connectivity index (χ3n) is 3.60. The lowest BCUT2D eigenvalue weighted by molar-refractivity contribution is -0.164. The van der Waals surface area contributed by atoms with Crippen LogP contribution in [0.25, 0.3) is 0 Å². The van der Waals surface area contributed by atoms with Crippen molar-refractivity contribution in [2.24, 2.45) is 5.92 Å². The molecule has 1 saturated heterocycles. The monoisotopic (exact) mass is 250 g/mol. The largest absolute Gasteiger partial charge is 0.368 e. The molecule has 0 radical (unpaired) electrons. The van der Waals surface area contributed by atoms with Crippen molar-refractivity contribution in [3.8, 4) is 0 Å². The van der Waals surface area contributed by atoms with Gasteiger partial charge in [0.05, 0.1) is 12.7 Å². The fraction of sp³-hybridized carbons (Fsp3) is 0.600. The Morgan fingerprint density at radius 2 is 1.94 bits per heavy atom. The lowest BCUT2D eigenvalue weighted by atomic mass is 9.99. The maximum absolute atomic E-state index is 5.99. The van der Waals surface area contributed by atoms with E-state index in [1.165, 1.54) is 5.56 Å². The van der Waals surface area contributed by atoms with E-state index in [1.807, 2.05) is 18.2 Å². The molecule has 1 aliphatic heterocycles. The van der Waals surface area contributed by atoms with Crippen LogP contribution >= 0.6 is 0 Å². The number of ether oxygens (including phenoxy) is 3. The first-order chi connectivity index (χ1) is 8.76. The molecule has 0 N–H and O–H groups in total. The minimum atomic E-state index is -0.242. The van der Waals surface area contributed by atoms with Gasteiger partial charge in [0.1, 0.15) is 6.10 Å². The van der Waals surface area contributed by atoms with Gasteiger partial charge in [0.2, 0.25) is 0 Å². The maximum atomic E-state index is 5.99. The van der Waals surface area contributed by atoms with Gasteiger partial charge >= 0.3 is 0 Å². The quantitative estimate of drug-likeness (QED) is 0.804. The molecule has 0 aromatic heterocycles. The molecule has 100 valence electrons. The van der Waals surface area contributed by atoms with Crippen molar-refractivity contribution in [3.63, 3.8) is 0 Å². The lowest BCUT2D eigenvalue weighted by Crippen LogP contribution is -2.30. The Kier molecular flexibility index (Phi) is 4.75. The molecule has 0 spiro atoms. The Morgan fingerprint density at radius 3 is 2.56 bits per heavy atom. The van der Waals surface area contributed by atoms with Gasteiger partial charge in [-0.15, -0.1) is 0 Å². The van der Waals surface area contributed by atoms with Gasteiger partial charge in [-0.3, -0.25) is 0 Å². The third kappa shape index (κ3) is 2.91. The van der Waals surface area contributed by atoms with Crippen molar-refractivity contribution in [3.05, 3.63) is 35.9 Å². The number of methoxy groups -OCH3 is 1. The molecule has 0 saturated carbocycles. The second kappa shape index (κ2) is 6.32. The Balaban J connectivity index is 1.95. The molecule has 1 aromatic carbocycles. The molecule has 1 aromatic rings. The number of hydrogen-bond donors (Lipinski definition) is 0. The van der Waals surface area contributed by atoms with Crippen LogP contribution in [-0.2, 0) is 20.8 Å². The van der Waals surface area contributed by atoms with E-state index < -0.39 is 0 Å². The second-order valence-electron chi connectivity index (χ2n) is 4.81. The van der Waals surface area contributed by atoms with Gasteiger partial charge in [0.25, 0.3) is 0 Å². The summed E-state index contributed by atoms with van der Waals surface area (Å²) in [4.78, 5) is 0. The van der Waals surface area contributed by atoms with Gasteiger partial charge < -0.3 is 14.2 Å². The van der Waals surface area contributed by atoms with Gasteiger partial charge in [-0.25, -0.2) is 0 Å². The lowest BCUT2D eigenvalue weighted by Gasteiger charge is -2.20. The van der Waals surface area contributed by atoms with Crippen molar-refractivity contribution >= 4 is 0 Å². The zero-order chi connectivity index (χ0) is 13.0. The fourth-order valence-corrected chi connectivity index (χ4v) is 2.49. The van der Waals surface area contributed by atoms with E-state index in [9.17, 15) is 0 Å². The fourth-order valence-electron chi connectivity index (χ4n) is 2.49. The Hall–Kier alpha value is -0.900. The van der Waals surface area contributed by atoms with Crippen LogP contribution in [0.1, 0.15) is 25.8 Å². The first-order valence-corrected chi connectivity index (χ1v) is 6.60. The molecule has 3 heteroatoms. The van der Waals surface area contributed by atoms with Crippen LogP contribution in [0.3, 0.4) is 0 Å². The first kappa shape index (κ1) is 13.5. The predicted molar refractivity (Wildman–Crippen MR) is 70.1 cm³/mol. The summed E-state index contributed by atoms with van der Waals surface area (Å²) in [6.07, 6.45) is 0.996. The Bertz CT molecular complexity index is 350. The summed E-state index contributed by atoms with van der Waals surface area (Å²) < 4.78 is 17.2. The van der Waals surface area contributed by atoms with Gasteiger partial charge in [-0.2, -0.15) is 0 Å². The van der Waals surface area contributed by atoms with E-state index in [0.29, 0.717) is 12.5 Å². The van der Waals surface area contributed by atoms with Crippen molar-refractivity contribution in [1.29, 1.82) is 0 Å². The molecule has 0 bridgehead atoms. The van der Waals surface area contributed by atoms with Crippen LogP contribution in [-0.4, -0.2) is 25.6 Å². The molecular weight excluding hydrogens is 228 g/mol. The van der Waals surface area contributed by atoms with Crippen molar-refractivity contribution in [1.82, 2.24) is 0 Å². The highest BCUT2D eigenvalue weighted by molar-refractivity contribution is 5.13. The highest BCUT2D eigenvalue weighted by atomic mass is 16.7. The Labute approximate surface area is 109 Å². The van der Waals surface area contributed by atoms with Gasteiger partial charge in [-0.05, 0) is 12.0 Å². The SMILES string of the molecule is CC[C@H]1O[C@H](OC)[C@@H](OCc2ccccc2)[C@@H]1C. The number of benzene rings is 1. The molecule has 0 amide bonds. The smallest absolute Gasteiger partial charge is 0.184 e. The van der Waals surface area contributed by atoms with Gasteiger partial charge in [0.15, 0.2) is 6.29 Å². The third-order valence-corrected chi connectivity index (χ3v) is 3.60. The molecular formula is C15H22O3. The summed E-state index contributed by atoms with van der Waals surface area (Å²) in [6.45, 7) is 4.91. The van der Waals surface area contributed by atoms with Crippen molar-refractivity contribution < 1.29 is 14.2 Å². The highest BCUT2D eigenvalue weighted by Gasteiger charge is 2.41. The zero-order valence-corrected chi connectivity index (χ0v) is 11.3. The molecule has 18 heavy (non-hydrogen) atoms. The minimum Gasteiger partial charge on any atom is -0.368 e. The van der Waals surface area contributed by atoms with Crippen LogP contribution in [0.5, 0.6) is 0 Å². The van der Waals surface area contributed by atoms with E-state index in [-0.39, 0.29) is 18.5 Å². The summed E-state index contributed by atoms with van der Waals surface area (Å²) in [5, 5.41) is 0. The first-order valence-electron chi connectivity index (χ1n) is 6.60. The summed E-state index contributed by atoms with van der Waals surface area (Å²) in [5.74, 6) is 0.365. The second-order valence-corrected chi connectivity index (χ2v) is 4.81. The molecule has 0 aliphatic carbocycles. The molecule has 4 atom stereocenters. The maximum Gasteiger partial charge on any atom is 0.184 e. The van der Waals surface area contributed by atoms with Crippen molar-refractivity contribution in [2.45, 2.75) is 45.4 Å². The molecule has 1 heterocycles. The summed E-state index contributed by atoms with van der Waals surface area (Å²) in [6, 6.07) is 10.2. The average Bonchev–Trinajstić information content (AvgIpc) is 2.73. The summed E-state index contributed by atoms with van der Waals surface area (Å²) >= 11 is 0. The number of rotatable bonds is 5. The van der Waals surface area contributed by atoms with Crippen LogP contribution in [0.2, 0.25) is 0 Å². The molecule has 1 fully saturated rings. The van der Waals surface area contributed by atoms with E-state index >= 15 is 0 Å². The highest BCUT2D eigenvalue weighted by Crippen LogP contribution is 2.31. The van der Waals surface area contributed by atoms with Gasteiger partial charge in [0, 0.05) is 13.0 Å². The van der Waals surface area contributed by atoms with E-state index in [0.717, 1.165) is 6.42 Å². The molecule has 0 unspecified atom stereocenters. The normalized spacial score (nSPS) is 31.7. The van der Waals surface area contributed by atoms with Crippen molar-refractivity contribution in [2.75, 3.05) is 7.11 Å². The van der Waals surface area contributed by atoms with E-state index in [1.54, 1.807) is 7.11 Å². The van der Waals surface area contributed by atoms with E-state index in [4.69, 9.17) is 14.2 Å². The predicted octanol–water partition coefficient (Wildman–Crippen LogP) is 2.99. The summed E-state index contributed by atoms with van der Waals surface area (Å²) in [7, 11) is 1.67. The molecule has 1 aliphatic rings. The zero-order valence-electron chi connectivity index (χ0n) is 11.3. The van der Waals surface area contributed by atoms with Crippen LogP contribution in [0.4, 0.5) is 0 Å².